The van der Waals surface area contributed by atoms with E-state index in [-0.39, 0.29) is 40.7 Å². The first kappa shape index (κ1) is 43.6. The first-order chi connectivity index (χ1) is 23.8. The molecule has 0 fully saturated rings. The van der Waals surface area contributed by atoms with Crippen molar-refractivity contribution in [3.63, 3.8) is 0 Å². The van der Waals surface area contributed by atoms with Gasteiger partial charge in [-0.15, -0.1) is 68.3 Å². The fraction of sp³-hybridized carbons (Fsp3) is 0.360. The van der Waals surface area contributed by atoms with Crippen LogP contribution in [0.2, 0.25) is 12.1 Å². The van der Waals surface area contributed by atoms with Gasteiger partial charge in [-0.05, 0) is 34.1 Å². The van der Waals surface area contributed by atoms with Crippen LogP contribution in [0, 0.1) is 14.9 Å². The average Bonchev–Trinajstić information content (AvgIpc) is 3.77. The van der Waals surface area contributed by atoms with E-state index in [0.717, 1.165) is 0 Å². The Labute approximate surface area is 338 Å². The van der Waals surface area contributed by atoms with E-state index >= 15 is 0 Å². The van der Waals surface area contributed by atoms with Gasteiger partial charge in [0.15, 0.2) is 0 Å². The quantitative estimate of drug-likeness (QED) is 0.0516. The van der Waals surface area contributed by atoms with Crippen molar-refractivity contribution in [3.05, 3.63) is 135 Å². The minimum atomic E-state index is -2.11. The Morgan fingerprint density at radius 1 is 0.500 bits per heavy atom. The second-order valence-corrected chi connectivity index (χ2v) is 19.7. The minimum Gasteiger partial charge on any atom is -0.358 e. The molecule has 0 spiro atoms. The largest absolute Gasteiger partial charge is 4.00 e. The Bertz CT molecular complexity index is 1790. The SMILES string of the molecule is CCCCCC[Si](CCCCCC)(c1cc2c(-c3ccc(C(C)C)cc3)cccc2[cH-]1)c1cc2c(-c3ccc(C(C)C)cc3)cccc2[cH-]1.[CH3-].[CH3-].[Hf+4]. The maximum atomic E-state index is 2.65. The van der Waals surface area contributed by atoms with Gasteiger partial charge in [0.1, 0.15) is 0 Å². The molecule has 2 heteroatoms. The topological polar surface area (TPSA) is 0 Å². The van der Waals surface area contributed by atoms with Crippen LogP contribution in [0.1, 0.15) is 116 Å². The zero-order valence-electron chi connectivity index (χ0n) is 33.6. The van der Waals surface area contributed by atoms with Crippen LogP contribution in [0.15, 0.2) is 109 Å². The first-order valence-corrected chi connectivity index (χ1v) is 21.9. The molecule has 0 aromatic heterocycles. The van der Waals surface area contributed by atoms with Crippen molar-refractivity contribution in [2.24, 2.45) is 0 Å². The Morgan fingerprint density at radius 3 is 1.23 bits per heavy atom. The van der Waals surface area contributed by atoms with Gasteiger partial charge in [0, 0.05) is 0 Å². The fourth-order valence-electron chi connectivity index (χ4n) is 8.20. The molecule has 6 rings (SSSR count). The van der Waals surface area contributed by atoms with Crippen LogP contribution in [0.25, 0.3) is 43.8 Å². The molecule has 0 radical (unpaired) electrons. The molecule has 0 heterocycles. The van der Waals surface area contributed by atoms with Crippen LogP contribution in [-0.2, 0) is 25.8 Å². The van der Waals surface area contributed by atoms with Gasteiger partial charge in [-0.3, -0.25) is 0 Å². The molecule has 0 saturated carbocycles. The number of hydrogen-bond acceptors (Lipinski definition) is 0. The van der Waals surface area contributed by atoms with E-state index in [1.807, 2.05) is 0 Å². The monoisotopic (exact) mass is 872 g/mol. The maximum absolute atomic E-state index is 2.65. The van der Waals surface area contributed by atoms with Crippen molar-refractivity contribution in [3.8, 4) is 22.3 Å². The summed E-state index contributed by atoms with van der Waals surface area (Å²) in [6.07, 6.45) is 10.5. The normalized spacial score (nSPS) is 11.5. The number of benzene rings is 4. The zero-order chi connectivity index (χ0) is 34.4. The van der Waals surface area contributed by atoms with E-state index < -0.39 is 8.07 Å². The molecule has 0 aliphatic carbocycles. The molecule has 52 heavy (non-hydrogen) atoms. The summed E-state index contributed by atoms with van der Waals surface area (Å²) in [5.74, 6) is 1.09. The van der Waals surface area contributed by atoms with Crippen molar-refractivity contribution in [1.82, 2.24) is 0 Å². The molecule has 0 atom stereocenters. The standard InChI is InChI=1S/C48H58Si.2CH3.Hf/c1-7-9-11-13-29-49(30-14-12-10-8-2,43-31-41-17-15-19-45(47(41)33-43)39-25-21-37(22-26-39)35(3)4)44-32-42-18-16-20-46(48(42)34-44)40-27-23-38(24-28-40)36(5)6;;;/h15-28,31-36H,7-14,29-30H2,1-6H3;2*1H3;/q-2;2*-1;+4. The fourth-order valence-corrected chi connectivity index (χ4v) is 13.3. The maximum Gasteiger partial charge on any atom is 4.00 e. The van der Waals surface area contributed by atoms with E-state index in [2.05, 4.69) is 151 Å². The third kappa shape index (κ3) is 9.45. The van der Waals surface area contributed by atoms with Crippen LogP contribution >= 0.6 is 0 Å². The molecule has 0 nitrogen and oxygen atoms in total. The Kier molecular flexibility index (Phi) is 16.8. The van der Waals surface area contributed by atoms with Crippen LogP contribution < -0.4 is 10.4 Å². The minimum absolute atomic E-state index is 0. The molecule has 6 aromatic carbocycles. The summed E-state index contributed by atoms with van der Waals surface area (Å²) in [6, 6.07) is 45.8. The molecular formula is C50H64HfSi. The molecule has 0 aliphatic rings. The van der Waals surface area contributed by atoms with E-state index in [1.54, 1.807) is 10.4 Å². The summed E-state index contributed by atoms with van der Waals surface area (Å²) >= 11 is 0. The molecule has 0 amide bonds. The molecular weight excluding hydrogens is 807 g/mol. The zero-order valence-corrected chi connectivity index (χ0v) is 38.2. The molecule has 6 aromatic rings. The van der Waals surface area contributed by atoms with E-state index in [0.29, 0.717) is 11.8 Å². The van der Waals surface area contributed by atoms with Crippen LogP contribution in [0.4, 0.5) is 0 Å². The van der Waals surface area contributed by atoms with Crippen molar-refractivity contribution in [2.45, 2.75) is 117 Å². The first-order valence-electron chi connectivity index (χ1n) is 19.4. The van der Waals surface area contributed by atoms with Crippen LogP contribution in [0.3, 0.4) is 0 Å². The number of rotatable bonds is 16. The van der Waals surface area contributed by atoms with E-state index in [9.17, 15) is 0 Å². The van der Waals surface area contributed by atoms with Gasteiger partial charge in [0.2, 0.25) is 0 Å². The van der Waals surface area contributed by atoms with Crippen molar-refractivity contribution in [2.75, 3.05) is 0 Å². The number of fused-ring (bicyclic) bond motifs is 2. The average molecular weight is 872 g/mol. The van der Waals surface area contributed by atoms with Crippen molar-refractivity contribution in [1.29, 1.82) is 0 Å². The summed E-state index contributed by atoms with van der Waals surface area (Å²) in [7, 11) is -2.11. The molecule has 0 saturated heterocycles. The second-order valence-electron chi connectivity index (χ2n) is 15.4. The predicted octanol–water partition coefficient (Wildman–Crippen LogP) is 14.6. The van der Waals surface area contributed by atoms with Gasteiger partial charge in [0.25, 0.3) is 0 Å². The van der Waals surface area contributed by atoms with Crippen molar-refractivity contribution < 1.29 is 25.8 Å². The van der Waals surface area contributed by atoms with Gasteiger partial charge >= 0.3 is 25.8 Å². The number of unbranched alkanes of at least 4 members (excludes halogenated alkanes) is 6. The summed E-state index contributed by atoms with van der Waals surface area (Å²) in [6.45, 7) is 13.8. The molecule has 0 bridgehead atoms. The van der Waals surface area contributed by atoms with Gasteiger partial charge in [-0.1, -0.05) is 177 Å². The third-order valence-electron chi connectivity index (χ3n) is 11.3. The van der Waals surface area contributed by atoms with Crippen molar-refractivity contribution >= 4 is 40.0 Å². The predicted molar refractivity (Wildman–Crippen MR) is 234 cm³/mol. The summed E-state index contributed by atoms with van der Waals surface area (Å²) in [5.41, 5.74) is 8.22. The second kappa shape index (κ2) is 20.0. The summed E-state index contributed by atoms with van der Waals surface area (Å²) in [5, 5.41) is 8.97. The Hall–Kier alpha value is -2.81. The van der Waals surface area contributed by atoms with E-state index in [1.165, 1.54) is 118 Å². The van der Waals surface area contributed by atoms with Gasteiger partial charge in [0.05, 0.1) is 8.07 Å². The number of hydrogen-bond donors (Lipinski definition) is 0. The Morgan fingerprint density at radius 2 is 0.885 bits per heavy atom. The van der Waals surface area contributed by atoms with Gasteiger partial charge in [-0.25, -0.2) is 0 Å². The molecule has 272 valence electrons. The molecule has 0 unspecified atom stereocenters. The van der Waals surface area contributed by atoms with Crippen LogP contribution in [-0.4, -0.2) is 8.07 Å². The Balaban J connectivity index is 0.00000243. The van der Waals surface area contributed by atoms with Gasteiger partial charge in [-0.2, -0.15) is 12.1 Å². The van der Waals surface area contributed by atoms with Gasteiger partial charge < -0.3 is 14.9 Å². The molecule has 0 N–H and O–H groups in total. The van der Waals surface area contributed by atoms with Crippen LogP contribution in [0.5, 0.6) is 0 Å². The third-order valence-corrected chi connectivity index (χ3v) is 16.5. The smallest absolute Gasteiger partial charge is 0.358 e. The summed E-state index contributed by atoms with van der Waals surface area (Å²) in [4.78, 5) is 0. The molecule has 0 aliphatic heterocycles. The van der Waals surface area contributed by atoms with E-state index in [4.69, 9.17) is 0 Å². The summed E-state index contributed by atoms with van der Waals surface area (Å²) < 4.78 is 0.